The number of sulfonamides is 1. The number of amides is 1. The Balaban J connectivity index is 1.43. The van der Waals surface area contributed by atoms with Gasteiger partial charge >= 0.3 is 6.18 Å². The van der Waals surface area contributed by atoms with Crippen LogP contribution in [-0.2, 0) is 34.0 Å². The van der Waals surface area contributed by atoms with E-state index < -0.39 is 33.7 Å². The van der Waals surface area contributed by atoms with Gasteiger partial charge in [0.2, 0.25) is 5.91 Å². The normalized spacial score (nSPS) is 15.2. The van der Waals surface area contributed by atoms with Crippen molar-refractivity contribution in [1.29, 1.82) is 0 Å². The molecular formula is C29H22F3N2O3S2. The molecule has 0 bridgehead atoms. The van der Waals surface area contributed by atoms with Crippen LogP contribution in [0, 0.1) is 0 Å². The van der Waals surface area contributed by atoms with Crippen LogP contribution in [0.15, 0.2) is 107 Å². The third-order valence-electron chi connectivity index (χ3n) is 6.53. The van der Waals surface area contributed by atoms with Crippen LogP contribution in [0.4, 0.5) is 18.9 Å². The highest BCUT2D eigenvalue weighted by Crippen LogP contribution is 2.38. The summed E-state index contributed by atoms with van der Waals surface area (Å²) in [7, 11) is -4.19. The van der Waals surface area contributed by atoms with Gasteiger partial charge in [-0.05, 0) is 64.7 Å². The zero-order valence-electron chi connectivity index (χ0n) is 20.4. The van der Waals surface area contributed by atoms with Crippen molar-refractivity contribution in [2.75, 3.05) is 4.31 Å². The van der Waals surface area contributed by atoms with Gasteiger partial charge in [-0.15, -0.1) is 0 Å². The van der Waals surface area contributed by atoms with E-state index in [0.29, 0.717) is 21.7 Å². The summed E-state index contributed by atoms with van der Waals surface area (Å²) in [5.41, 5.74) is 1.87. The van der Waals surface area contributed by atoms with E-state index in [1.807, 2.05) is 6.07 Å². The van der Waals surface area contributed by atoms with Crippen molar-refractivity contribution in [1.82, 2.24) is 5.32 Å². The second-order valence-electron chi connectivity index (χ2n) is 9.12. The maximum Gasteiger partial charge on any atom is 0.416 e. The second kappa shape index (κ2) is 10.3. The van der Waals surface area contributed by atoms with E-state index in [1.54, 1.807) is 42.5 Å². The van der Waals surface area contributed by atoms with Crippen LogP contribution in [0.1, 0.15) is 16.7 Å². The first-order valence-electron chi connectivity index (χ1n) is 12.0. The number of carbonyl (C=O) groups is 1. The lowest BCUT2D eigenvalue weighted by atomic mass is 10.0. The van der Waals surface area contributed by atoms with Crippen molar-refractivity contribution >= 4 is 34.2 Å². The highest BCUT2D eigenvalue weighted by Gasteiger charge is 2.42. The van der Waals surface area contributed by atoms with E-state index in [4.69, 9.17) is 12.6 Å². The highest BCUT2D eigenvalue weighted by atomic mass is 32.2. The maximum atomic E-state index is 13.8. The molecule has 1 aliphatic rings. The molecule has 0 aromatic heterocycles. The monoisotopic (exact) mass is 567 g/mol. The maximum absolute atomic E-state index is 13.8. The first-order chi connectivity index (χ1) is 18.5. The molecule has 4 aromatic rings. The van der Waals surface area contributed by atoms with E-state index in [2.05, 4.69) is 5.32 Å². The SMILES string of the molecule is O=C(NCc1cccc([S])c1)[C@@H]1Cc2ccccc2N1S(=O)(=O)c1ccc(-c2cccc(C(F)(F)F)c2)cc1. The molecule has 0 fully saturated rings. The average Bonchev–Trinajstić information content (AvgIpc) is 3.32. The number of hydrogen-bond acceptors (Lipinski definition) is 3. The minimum Gasteiger partial charge on any atom is -0.350 e. The summed E-state index contributed by atoms with van der Waals surface area (Å²) in [4.78, 5) is 13.8. The van der Waals surface area contributed by atoms with Crippen LogP contribution in [0.5, 0.6) is 0 Å². The van der Waals surface area contributed by atoms with Gasteiger partial charge in [0.05, 0.1) is 16.1 Å². The molecule has 0 spiro atoms. The van der Waals surface area contributed by atoms with Crippen molar-refractivity contribution in [3.05, 3.63) is 114 Å². The quantitative estimate of drug-likeness (QED) is 0.295. The Labute approximate surface area is 229 Å². The number of nitrogens with zero attached hydrogens (tertiary/aromatic N) is 1. The van der Waals surface area contributed by atoms with Crippen LogP contribution >= 0.6 is 12.6 Å². The van der Waals surface area contributed by atoms with Crippen molar-refractivity contribution < 1.29 is 26.4 Å². The number of anilines is 1. The lowest BCUT2D eigenvalue weighted by molar-refractivity contribution is -0.137. The molecule has 0 saturated carbocycles. The zero-order chi connectivity index (χ0) is 27.8. The minimum absolute atomic E-state index is 0.0773. The number of nitrogens with one attached hydrogen (secondary N) is 1. The third-order valence-corrected chi connectivity index (χ3v) is 8.62. The van der Waals surface area contributed by atoms with Crippen LogP contribution in [0.3, 0.4) is 0 Å². The Hall–Kier alpha value is -3.89. The molecule has 0 saturated heterocycles. The fraction of sp³-hybridized carbons (Fsp3) is 0.138. The molecule has 1 atom stereocenters. The van der Waals surface area contributed by atoms with Gasteiger partial charge in [0.1, 0.15) is 6.04 Å². The Morgan fingerprint density at radius 2 is 1.62 bits per heavy atom. The average molecular weight is 568 g/mol. The van der Waals surface area contributed by atoms with Gasteiger partial charge in [-0.2, -0.15) is 13.2 Å². The molecule has 10 heteroatoms. The van der Waals surface area contributed by atoms with Gasteiger partial charge in [-0.3, -0.25) is 9.10 Å². The smallest absolute Gasteiger partial charge is 0.350 e. The number of rotatable bonds is 6. The number of benzene rings is 4. The predicted molar refractivity (Wildman–Crippen MR) is 145 cm³/mol. The number of alkyl halides is 3. The summed E-state index contributed by atoms with van der Waals surface area (Å²) in [6.45, 7) is 0.190. The minimum atomic E-state index is -4.49. The predicted octanol–water partition coefficient (Wildman–Crippen LogP) is 6.37. The summed E-state index contributed by atoms with van der Waals surface area (Å²) in [6.07, 6.45) is -4.29. The number of fused-ring (bicyclic) bond motifs is 1. The number of halogens is 3. The molecule has 1 radical (unpaired) electrons. The molecule has 4 aromatic carbocycles. The van der Waals surface area contributed by atoms with Crippen LogP contribution in [0.2, 0.25) is 0 Å². The van der Waals surface area contributed by atoms with Gasteiger partial charge < -0.3 is 5.32 Å². The molecule has 199 valence electrons. The summed E-state index contributed by atoms with van der Waals surface area (Å²) in [6, 6.07) is 23.5. The van der Waals surface area contributed by atoms with Gasteiger partial charge in [0.25, 0.3) is 10.0 Å². The van der Waals surface area contributed by atoms with Crippen molar-refractivity contribution in [2.45, 2.75) is 35.0 Å². The van der Waals surface area contributed by atoms with E-state index >= 15 is 0 Å². The molecular weight excluding hydrogens is 545 g/mol. The largest absolute Gasteiger partial charge is 0.416 e. The Bertz CT molecular complexity index is 1640. The van der Waals surface area contributed by atoms with E-state index in [1.165, 1.54) is 36.4 Å². The zero-order valence-corrected chi connectivity index (χ0v) is 22.0. The topological polar surface area (TPSA) is 66.5 Å². The third kappa shape index (κ3) is 5.48. The first kappa shape index (κ1) is 26.7. The van der Waals surface area contributed by atoms with E-state index in [9.17, 15) is 26.4 Å². The number of hydrogen-bond donors (Lipinski definition) is 1. The van der Waals surface area contributed by atoms with E-state index in [0.717, 1.165) is 27.6 Å². The molecule has 1 N–H and O–H groups in total. The molecule has 5 rings (SSSR count). The van der Waals surface area contributed by atoms with Crippen LogP contribution in [0.25, 0.3) is 11.1 Å². The fourth-order valence-corrected chi connectivity index (χ4v) is 6.50. The fourth-order valence-electron chi connectivity index (χ4n) is 4.62. The van der Waals surface area contributed by atoms with E-state index in [-0.39, 0.29) is 17.9 Å². The molecule has 0 unspecified atom stereocenters. The van der Waals surface area contributed by atoms with Crippen molar-refractivity contribution in [3.63, 3.8) is 0 Å². The Morgan fingerprint density at radius 3 is 2.33 bits per heavy atom. The summed E-state index contributed by atoms with van der Waals surface area (Å²) >= 11 is 5.17. The summed E-state index contributed by atoms with van der Waals surface area (Å²) in [5.74, 6) is -0.454. The number of para-hydroxylation sites is 1. The molecule has 5 nitrogen and oxygen atoms in total. The van der Waals surface area contributed by atoms with Crippen LogP contribution < -0.4 is 9.62 Å². The second-order valence-corrected chi connectivity index (χ2v) is 11.4. The molecule has 1 amide bonds. The molecule has 0 aliphatic carbocycles. The molecule has 39 heavy (non-hydrogen) atoms. The lowest BCUT2D eigenvalue weighted by Crippen LogP contribution is -2.47. The first-order valence-corrected chi connectivity index (χ1v) is 13.8. The Morgan fingerprint density at radius 1 is 0.897 bits per heavy atom. The standard InChI is InChI=1S/C29H22F3N2O3S2/c30-29(31,32)23-8-4-7-21(16-23)20-11-13-25(14-12-20)39(36,37)34-26-10-2-1-6-22(26)17-27(34)28(35)33-18-19-5-3-9-24(38)15-19/h1-16,27H,17-18H2,(H,33,35)/t27-/m0/s1. The summed E-state index contributed by atoms with van der Waals surface area (Å²) < 4.78 is 68.3. The van der Waals surface area contributed by atoms with Gasteiger partial charge in [-0.1, -0.05) is 67.2 Å². The van der Waals surface area contributed by atoms with Gasteiger partial charge in [-0.25, -0.2) is 8.42 Å². The lowest BCUT2D eigenvalue weighted by Gasteiger charge is -2.26. The molecule has 1 aliphatic heterocycles. The van der Waals surface area contributed by atoms with Gasteiger partial charge in [0, 0.05) is 17.9 Å². The highest BCUT2D eigenvalue weighted by molar-refractivity contribution is 7.93. The van der Waals surface area contributed by atoms with Gasteiger partial charge in [0.15, 0.2) is 0 Å². The van der Waals surface area contributed by atoms with Crippen molar-refractivity contribution in [3.8, 4) is 11.1 Å². The summed E-state index contributed by atoms with van der Waals surface area (Å²) in [5, 5.41) is 2.82. The number of carbonyl (C=O) groups excluding carboxylic acids is 1. The van der Waals surface area contributed by atoms with Crippen molar-refractivity contribution in [2.24, 2.45) is 0 Å². The molecule has 1 heterocycles. The van der Waals surface area contributed by atoms with Crippen LogP contribution in [-0.4, -0.2) is 20.4 Å². The Kier molecular flexibility index (Phi) is 7.09.